The lowest BCUT2D eigenvalue weighted by Gasteiger charge is -2.37. The van der Waals surface area contributed by atoms with E-state index in [1.165, 1.54) is 8.61 Å². The van der Waals surface area contributed by atoms with Gasteiger partial charge < -0.3 is 4.74 Å². The van der Waals surface area contributed by atoms with Gasteiger partial charge in [-0.15, -0.1) is 11.6 Å². The zero-order valence-electron chi connectivity index (χ0n) is 9.94. The van der Waals surface area contributed by atoms with Crippen molar-refractivity contribution in [2.24, 2.45) is 0 Å². The van der Waals surface area contributed by atoms with E-state index in [4.69, 9.17) is 16.3 Å². The van der Waals surface area contributed by atoms with Crippen LogP contribution < -0.4 is 0 Å². The summed E-state index contributed by atoms with van der Waals surface area (Å²) in [5.74, 6) is 0.257. The first kappa shape index (κ1) is 14.2. The van der Waals surface area contributed by atoms with Gasteiger partial charge in [0, 0.05) is 31.6 Å². The van der Waals surface area contributed by atoms with Crippen molar-refractivity contribution in [3.63, 3.8) is 0 Å². The molecule has 5 nitrogen and oxygen atoms in total. The average Bonchev–Trinajstić information content (AvgIpc) is 2.29. The molecule has 1 fully saturated rings. The van der Waals surface area contributed by atoms with Gasteiger partial charge in [-0.05, 0) is 13.8 Å². The summed E-state index contributed by atoms with van der Waals surface area (Å²) >= 11 is 5.78. The predicted octanol–water partition coefficient (Wildman–Crippen LogP) is 0.513. The lowest BCUT2D eigenvalue weighted by atomic mass is 10.1. The number of halogens is 1. The van der Waals surface area contributed by atoms with Gasteiger partial charge in [0.25, 0.3) is 10.2 Å². The van der Waals surface area contributed by atoms with Crippen molar-refractivity contribution < 1.29 is 13.2 Å². The van der Waals surface area contributed by atoms with Crippen LogP contribution in [0.1, 0.15) is 13.8 Å². The molecule has 0 aromatic carbocycles. The van der Waals surface area contributed by atoms with Crippen LogP contribution in [0.3, 0.4) is 0 Å². The molecule has 0 N–H and O–H groups in total. The molecule has 1 saturated heterocycles. The second-order valence-electron chi connectivity index (χ2n) is 4.43. The van der Waals surface area contributed by atoms with E-state index >= 15 is 0 Å². The van der Waals surface area contributed by atoms with Gasteiger partial charge in [-0.3, -0.25) is 0 Å². The van der Waals surface area contributed by atoms with Crippen molar-refractivity contribution in [1.29, 1.82) is 0 Å². The van der Waals surface area contributed by atoms with Crippen LogP contribution in [0.2, 0.25) is 0 Å². The largest absolute Gasteiger partial charge is 0.379 e. The molecule has 0 unspecified atom stereocenters. The molecule has 1 aliphatic heterocycles. The Morgan fingerprint density at radius 3 is 2.31 bits per heavy atom. The van der Waals surface area contributed by atoms with Gasteiger partial charge in [0.1, 0.15) is 0 Å². The van der Waals surface area contributed by atoms with Gasteiger partial charge in [0.15, 0.2) is 0 Å². The highest BCUT2D eigenvalue weighted by molar-refractivity contribution is 7.86. The number of nitrogens with zero attached hydrogens (tertiary/aromatic N) is 2. The third kappa shape index (κ3) is 2.87. The highest BCUT2D eigenvalue weighted by Gasteiger charge is 2.36. The van der Waals surface area contributed by atoms with Crippen molar-refractivity contribution >= 4 is 21.8 Å². The summed E-state index contributed by atoms with van der Waals surface area (Å²) in [6.45, 7) is 5.33. The Morgan fingerprint density at radius 2 is 1.88 bits per heavy atom. The zero-order chi connectivity index (χ0) is 12.4. The normalized spacial score (nSPS) is 20.3. The third-order valence-electron chi connectivity index (χ3n) is 2.82. The first-order valence-electron chi connectivity index (χ1n) is 5.20. The minimum Gasteiger partial charge on any atom is -0.379 e. The van der Waals surface area contributed by atoms with E-state index in [1.807, 2.05) is 0 Å². The SMILES string of the molecule is CN(C(C)(C)CCl)S(=O)(=O)N1CCOCC1. The molecule has 7 heteroatoms. The van der Waals surface area contributed by atoms with Gasteiger partial charge in [0.05, 0.1) is 13.2 Å². The highest BCUT2D eigenvalue weighted by Crippen LogP contribution is 2.21. The Balaban J connectivity index is 2.84. The number of ether oxygens (including phenoxy) is 1. The molecule has 0 saturated carbocycles. The second-order valence-corrected chi connectivity index (χ2v) is 6.66. The van der Waals surface area contributed by atoms with E-state index in [0.29, 0.717) is 26.3 Å². The fourth-order valence-corrected chi connectivity index (χ4v) is 3.24. The Labute approximate surface area is 102 Å². The lowest BCUT2D eigenvalue weighted by molar-refractivity contribution is 0.0689. The summed E-state index contributed by atoms with van der Waals surface area (Å²) in [6, 6.07) is 0. The molecule has 0 atom stereocenters. The van der Waals surface area contributed by atoms with Crippen LogP contribution in [0.5, 0.6) is 0 Å². The molecule has 96 valence electrons. The minimum atomic E-state index is -3.43. The van der Waals surface area contributed by atoms with E-state index in [2.05, 4.69) is 0 Å². The van der Waals surface area contributed by atoms with Crippen LogP contribution in [0.4, 0.5) is 0 Å². The topological polar surface area (TPSA) is 49.9 Å². The van der Waals surface area contributed by atoms with Crippen LogP contribution in [-0.2, 0) is 14.9 Å². The van der Waals surface area contributed by atoms with E-state index in [1.54, 1.807) is 20.9 Å². The quantitative estimate of drug-likeness (QED) is 0.700. The zero-order valence-corrected chi connectivity index (χ0v) is 11.5. The summed E-state index contributed by atoms with van der Waals surface area (Å²) in [4.78, 5) is 0. The first-order valence-corrected chi connectivity index (χ1v) is 7.13. The average molecular weight is 271 g/mol. The van der Waals surface area contributed by atoms with Crippen molar-refractivity contribution in [3.8, 4) is 0 Å². The maximum absolute atomic E-state index is 12.2. The molecule has 0 aromatic rings. The third-order valence-corrected chi connectivity index (χ3v) is 5.68. The minimum absolute atomic E-state index is 0.257. The van der Waals surface area contributed by atoms with Crippen molar-refractivity contribution in [1.82, 2.24) is 8.61 Å². The summed E-state index contributed by atoms with van der Waals surface area (Å²) in [5, 5.41) is 0. The van der Waals surface area contributed by atoms with Gasteiger partial charge in [0.2, 0.25) is 0 Å². The van der Waals surface area contributed by atoms with E-state index in [-0.39, 0.29) is 5.88 Å². The molecule has 0 aromatic heterocycles. The van der Waals surface area contributed by atoms with Crippen molar-refractivity contribution in [2.75, 3.05) is 39.2 Å². The first-order chi connectivity index (χ1) is 7.32. The summed E-state index contributed by atoms with van der Waals surface area (Å²) in [5.41, 5.74) is -0.585. The maximum Gasteiger partial charge on any atom is 0.282 e. The lowest BCUT2D eigenvalue weighted by Crippen LogP contribution is -2.54. The molecule has 0 radical (unpaired) electrons. The predicted molar refractivity (Wildman–Crippen MR) is 63.9 cm³/mol. The Kier molecular flexibility index (Phi) is 4.59. The Bertz CT molecular complexity index is 326. The molecular formula is C9H19ClN2O3S. The molecule has 16 heavy (non-hydrogen) atoms. The summed E-state index contributed by atoms with van der Waals surface area (Å²) < 4.78 is 32.4. The number of hydrogen-bond donors (Lipinski definition) is 0. The second kappa shape index (κ2) is 5.18. The molecule has 0 amide bonds. The van der Waals surface area contributed by atoms with Crippen LogP contribution in [0, 0.1) is 0 Å². The van der Waals surface area contributed by atoms with Gasteiger partial charge in [-0.2, -0.15) is 17.0 Å². The Hall–Kier alpha value is 0.120. The number of morpholine rings is 1. The standard InChI is InChI=1S/C9H19ClN2O3S/c1-9(2,8-10)11(3)16(13,14)12-4-6-15-7-5-12/h4-8H2,1-3H3. The molecule has 1 aliphatic rings. The molecule has 0 aliphatic carbocycles. The molecular weight excluding hydrogens is 252 g/mol. The molecule has 0 bridgehead atoms. The molecule has 0 spiro atoms. The van der Waals surface area contributed by atoms with Gasteiger partial charge in [-0.25, -0.2) is 0 Å². The number of hydrogen-bond acceptors (Lipinski definition) is 3. The molecule has 1 heterocycles. The Morgan fingerprint density at radius 1 is 1.38 bits per heavy atom. The van der Waals surface area contributed by atoms with Crippen LogP contribution in [0.25, 0.3) is 0 Å². The molecule has 1 rings (SSSR count). The van der Waals surface area contributed by atoms with E-state index < -0.39 is 15.7 Å². The number of rotatable bonds is 4. The smallest absolute Gasteiger partial charge is 0.282 e. The monoisotopic (exact) mass is 270 g/mol. The van der Waals surface area contributed by atoms with Crippen LogP contribution >= 0.6 is 11.6 Å². The fraction of sp³-hybridized carbons (Fsp3) is 1.00. The van der Waals surface area contributed by atoms with Gasteiger partial charge in [-0.1, -0.05) is 0 Å². The van der Waals surface area contributed by atoms with Crippen molar-refractivity contribution in [3.05, 3.63) is 0 Å². The van der Waals surface area contributed by atoms with Crippen LogP contribution in [-0.4, -0.2) is 61.8 Å². The summed E-state index contributed by atoms with van der Waals surface area (Å²) in [6.07, 6.45) is 0. The van der Waals surface area contributed by atoms with E-state index in [9.17, 15) is 8.42 Å². The van der Waals surface area contributed by atoms with E-state index in [0.717, 1.165) is 0 Å². The summed E-state index contributed by atoms with van der Waals surface area (Å²) in [7, 11) is -1.87. The number of alkyl halides is 1. The van der Waals surface area contributed by atoms with Gasteiger partial charge >= 0.3 is 0 Å². The highest BCUT2D eigenvalue weighted by atomic mass is 35.5. The fourth-order valence-electron chi connectivity index (χ4n) is 1.35. The maximum atomic E-state index is 12.2. The van der Waals surface area contributed by atoms with Crippen LogP contribution in [0.15, 0.2) is 0 Å². The van der Waals surface area contributed by atoms with Crippen molar-refractivity contribution in [2.45, 2.75) is 19.4 Å².